The van der Waals surface area contributed by atoms with Crippen LogP contribution < -0.4 is 5.32 Å². The molecule has 0 atom stereocenters. The van der Waals surface area contributed by atoms with Gasteiger partial charge in [0.05, 0.1) is 15.5 Å². The Kier molecular flexibility index (Phi) is 6.76. The Morgan fingerprint density at radius 2 is 2.04 bits per heavy atom. The number of thioether (sulfide) groups is 1. The maximum Gasteiger partial charge on any atom is 0.252 e. The van der Waals surface area contributed by atoms with Crippen LogP contribution in [-0.2, 0) is 10.0 Å². The molecule has 1 aliphatic heterocycles. The van der Waals surface area contributed by atoms with Crippen LogP contribution in [0.1, 0.15) is 30.1 Å². The van der Waals surface area contributed by atoms with E-state index in [2.05, 4.69) is 5.32 Å². The molecule has 0 unspecified atom stereocenters. The first-order valence-corrected chi connectivity index (χ1v) is 10.6. The molecule has 1 amide bonds. The van der Waals surface area contributed by atoms with Crippen molar-refractivity contribution in [2.75, 3.05) is 31.1 Å². The fourth-order valence-corrected chi connectivity index (χ4v) is 5.05. The zero-order chi connectivity index (χ0) is 16.9. The Balaban J connectivity index is 2.23. The van der Waals surface area contributed by atoms with E-state index < -0.39 is 10.0 Å². The van der Waals surface area contributed by atoms with E-state index >= 15 is 0 Å². The number of halogens is 1. The lowest BCUT2D eigenvalue weighted by atomic mass is 10.2. The SMILES string of the molecule is CCCCNC(=O)c1cc(S(=O)(=O)N2CCSCC2)ccc1Cl. The molecule has 2 rings (SSSR count). The van der Waals surface area contributed by atoms with Gasteiger partial charge in [-0.25, -0.2) is 8.42 Å². The van der Waals surface area contributed by atoms with Crippen LogP contribution in [0.15, 0.2) is 23.1 Å². The number of sulfonamides is 1. The summed E-state index contributed by atoms with van der Waals surface area (Å²) in [6, 6.07) is 4.31. The van der Waals surface area contributed by atoms with Crippen molar-refractivity contribution >= 4 is 39.3 Å². The molecule has 1 saturated heterocycles. The highest BCUT2D eigenvalue weighted by atomic mass is 35.5. The van der Waals surface area contributed by atoms with E-state index in [4.69, 9.17) is 11.6 Å². The second kappa shape index (κ2) is 8.37. The third-order valence-electron chi connectivity index (χ3n) is 3.61. The number of amides is 1. The summed E-state index contributed by atoms with van der Waals surface area (Å²) in [6.45, 7) is 3.57. The number of benzene rings is 1. The third kappa shape index (κ3) is 4.62. The fraction of sp³-hybridized carbons (Fsp3) is 0.533. The van der Waals surface area contributed by atoms with Crippen molar-refractivity contribution in [1.29, 1.82) is 0 Å². The van der Waals surface area contributed by atoms with Crippen LogP contribution in [0, 0.1) is 0 Å². The maximum atomic E-state index is 12.7. The van der Waals surface area contributed by atoms with Crippen LogP contribution >= 0.6 is 23.4 Å². The topological polar surface area (TPSA) is 66.5 Å². The van der Waals surface area contributed by atoms with Crippen molar-refractivity contribution < 1.29 is 13.2 Å². The number of hydrogen-bond donors (Lipinski definition) is 1. The Morgan fingerprint density at radius 3 is 2.70 bits per heavy atom. The molecule has 1 fully saturated rings. The molecule has 1 aromatic carbocycles. The van der Waals surface area contributed by atoms with Gasteiger partial charge < -0.3 is 5.32 Å². The van der Waals surface area contributed by atoms with Gasteiger partial charge in [-0.2, -0.15) is 16.1 Å². The fourth-order valence-electron chi connectivity index (χ4n) is 2.25. The van der Waals surface area contributed by atoms with E-state index in [9.17, 15) is 13.2 Å². The summed E-state index contributed by atoms with van der Waals surface area (Å²) in [6.07, 6.45) is 1.84. The van der Waals surface area contributed by atoms with Gasteiger partial charge in [0.15, 0.2) is 0 Å². The van der Waals surface area contributed by atoms with Crippen LogP contribution in [-0.4, -0.2) is 49.8 Å². The van der Waals surface area contributed by atoms with Crippen molar-refractivity contribution in [2.45, 2.75) is 24.7 Å². The third-order valence-corrected chi connectivity index (χ3v) is 6.77. The van der Waals surface area contributed by atoms with Gasteiger partial charge in [0, 0.05) is 31.1 Å². The number of nitrogens with zero attached hydrogens (tertiary/aromatic N) is 1. The number of carbonyl (C=O) groups excluding carboxylic acids is 1. The van der Waals surface area contributed by atoms with Crippen molar-refractivity contribution in [3.8, 4) is 0 Å². The van der Waals surface area contributed by atoms with Crippen LogP contribution in [0.5, 0.6) is 0 Å². The summed E-state index contributed by atoms with van der Waals surface area (Å²) < 4.78 is 26.8. The average molecular weight is 377 g/mol. The number of hydrogen-bond acceptors (Lipinski definition) is 4. The van der Waals surface area contributed by atoms with Crippen molar-refractivity contribution in [3.63, 3.8) is 0 Å². The predicted molar refractivity (Wildman–Crippen MR) is 94.8 cm³/mol. The molecule has 0 radical (unpaired) electrons. The molecule has 8 heteroatoms. The lowest BCUT2D eigenvalue weighted by Gasteiger charge is -2.25. The molecule has 1 heterocycles. The standard InChI is InChI=1S/C15H21ClN2O3S2/c1-2-3-6-17-15(19)13-11-12(4-5-14(13)16)23(20,21)18-7-9-22-10-8-18/h4-5,11H,2-3,6-10H2,1H3,(H,17,19). The largest absolute Gasteiger partial charge is 0.352 e. The average Bonchev–Trinajstić information content (AvgIpc) is 2.56. The molecule has 0 spiro atoms. The lowest BCUT2D eigenvalue weighted by Crippen LogP contribution is -2.38. The highest BCUT2D eigenvalue weighted by Gasteiger charge is 2.27. The van der Waals surface area contributed by atoms with E-state index in [0.717, 1.165) is 24.3 Å². The van der Waals surface area contributed by atoms with Crippen LogP contribution in [0.2, 0.25) is 5.02 Å². The van der Waals surface area contributed by atoms with E-state index in [1.807, 2.05) is 6.92 Å². The Labute approximate surface area is 146 Å². The van der Waals surface area contributed by atoms with Crippen molar-refractivity contribution in [1.82, 2.24) is 9.62 Å². The van der Waals surface area contributed by atoms with Gasteiger partial charge in [0.2, 0.25) is 10.0 Å². The molecule has 0 aromatic heterocycles. The van der Waals surface area contributed by atoms with Gasteiger partial charge in [0.1, 0.15) is 0 Å². The number of carbonyl (C=O) groups is 1. The van der Waals surface area contributed by atoms with Gasteiger partial charge >= 0.3 is 0 Å². The maximum absolute atomic E-state index is 12.7. The normalized spacial score (nSPS) is 16.3. The van der Waals surface area contributed by atoms with E-state index in [1.54, 1.807) is 11.8 Å². The smallest absolute Gasteiger partial charge is 0.252 e. The zero-order valence-corrected chi connectivity index (χ0v) is 15.4. The van der Waals surface area contributed by atoms with Crippen molar-refractivity contribution in [2.24, 2.45) is 0 Å². The highest BCUT2D eigenvalue weighted by Crippen LogP contribution is 2.24. The summed E-state index contributed by atoms with van der Waals surface area (Å²) in [5.74, 6) is 1.24. The molecule has 0 saturated carbocycles. The summed E-state index contributed by atoms with van der Waals surface area (Å²) >= 11 is 7.81. The van der Waals surface area contributed by atoms with E-state index in [-0.39, 0.29) is 21.4 Å². The van der Waals surface area contributed by atoms with Crippen LogP contribution in [0.3, 0.4) is 0 Å². The first kappa shape index (κ1) is 18.6. The van der Waals surface area contributed by atoms with Gasteiger partial charge in [-0.3, -0.25) is 4.79 Å². The molecule has 23 heavy (non-hydrogen) atoms. The Morgan fingerprint density at radius 1 is 1.35 bits per heavy atom. The molecule has 1 aromatic rings. The molecular weight excluding hydrogens is 356 g/mol. The van der Waals surface area contributed by atoms with Crippen molar-refractivity contribution in [3.05, 3.63) is 28.8 Å². The lowest BCUT2D eigenvalue weighted by molar-refractivity contribution is 0.0953. The summed E-state index contributed by atoms with van der Waals surface area (Å²) in [7, 11) is -3.58. The number of unbranched alkanes of at least 4 members (excludes halogenated alkanes) is 1. The Hall–Kier alpha value is -0.760. The van der Waals surface area contributed by atoms with Crippen LogP contribution in [0.25, 0.3) is 0 Å². The van der Waals surface area contributed by atoms with E-state index in [1.165, 1.54) is 22.5 Å². The van der Waals surface area contributed by atoms with E-state index in [0.29, 0.717) is 19.6 Å². The summed E-state index contributed by atoms with van der Waals surface area (Å²) in [5, 5.41) is 3.02. The molecule has 5 nitrogen and oxygen atoms in total. The van der Waals surface area contributed by atoms with Gasteiger partial charge in [-0.05, 0) is 24.6 Å². The number of nitrogens with one attached hydrogen (secondary N) is 1. The minimum atomic E-state index is -3.58. The summed E-state index contributed by atoms with van der Waals surface area (Å²) in [5.41, 5.74) is 0.204. The monoisotopic (exact) mass is 376 g/mol. The van der Waals surface area contributed by atoms with Gasteiger partial charge in [-0.1, -0.05) is 24.9 Å². The van der Waals surface area contributed by atoms with Gasteiger partial charge in [0.25, 0.3) is 5.91 Å². The predicted octanol–water partition coefficient (Wildman–Crippen LogP) is 2.61. The van der Waals surface area contributed by atoms with Gasteiger partial charge in [-0.15, -0.1) is 0 Å². The minimum Gasteiger partial charge on any atom is -0.352 e. The quantitative estimate of drug-likeness (QED) is 0.775. The minimum absolute atomic E-state index is 0.120. The van der Waals surface area contributed by atoms with Crippen LogP contribution in [0.4, 0.5) is 0 Å². The first-order chi connectivity index (χ1) is 11.0. The first-order valence-electron chi connectivity index (χ1n) is 7.62. The molecule has 1 aliphatic rings. The molecule has 0 aliphatic carbocycles. The Bertz CT molecular complexity index is 659. The second-order valence-electron chi connectivity index (χ2n) is 5.27. The highest BCUT2D eigenvalue weighted by molar-refractivity contribution is 7.99. The molecule has 0 bridgehead atoms. The summed E-state index contributed by atoms with van der Waals surface area (Å²) in [4.78, 5) is 12.3. The molecule has 1 N–H and O–H groups in total. The molecule has 128 valence electrons. The molecular formula is C15H21ClN2O3S2. The second-order valence-corrected chi connectivity index (χ2v) is 8.84. The zero-order valence-electron chi connectivity index (χ0n) is 13.0. The number of rotatable bonds is 6.